The highest BCUT2D eigenvalue weighted by atomic mass is 15.2. The third-order valence-electron chi connectivity index (χ3n) is 5.51. The Morgan fingerprint density at radius 2 is 1.86 bits per heavy atom. The van der Waals surface area contributed by atoms with Crippen LogP contribution in [0.2, 0.25) is 0 Å². The molecule has 3 N–H and O–H groups in total. The Labute approximate surface area is 128 Å². The van der Waals surface area contributed by atoms with Gasteiger partial charge in [-0.15, -0.1) is 0 Å². The molecule has 0 radical (unpaired) electrons. The van der Waals surface area contributed by atoms with Gasteiger partial charge < -0.3 is 16.0 Å². The van der Waals surface area contributed by atoms with Gasteiger partial charge in [0.1, 0.15) is 0 Å². The second-order valence-electron chi connectivity index (χ2n) is 6.82. The van der Waals surface area contributed by atoms with E-state index >= 15 is 0 Å². The largest absolute Gasteiger partial charge is 0.371 e. The molecular weight excluding hydrogens is 258 g/mol. The standard InChI is InChI=1S/C18H29N3/c19-15-18(20-12-9-16-5-4-6-16)10-13-21(14-11-18)17-7-2-1-3-8-17/h1-3,7-8,16,20H,4-6,9-15,19H2. The van der Waals surface area contributed by atoms with Gasteiger partial charge in [-0.1, -0.05) is 37.5 Å². The van der Waals surface area contributed by atoms with Crippen molar-refractivity contribution >= 4 is 5.69 Å². The molecule has 0 amide bonds. The quantitative estimate of drug-likeness (QED) is 0.845. The zero-order valence-electron chi connectivity index (χ0n) is 13.1. The number of benzene rings is 1. The van der Waals surface area contributed by atoms with Crippen molar-refractivity contribution in [1.29, 1.82) is 0 Å². The van der Waals surface area contributed by atoms with Gasteiger partial charge >= 0.3 is 0 Å². The van der Waals surface area contributed by atoms with Gasteiger partial charge in [0.25, 0.3) is 0 Å². The van der Waals surface area contributed by atoms with Crippen LogP contribution in [-0.4, -0.2) is 31.7 Å². The summed E-state index contributed by atoms with van der Waals surface area (Å²) >= 11 is 0. The summed E-state index contributed by atoms with van der Waals surface area (Å²) in [6, 6.07) is 10.7. The summed E-state index contributed by atoms with van der Waals surface area (Å²) in [5.41, 5.74) is 7.63. The minimum Gasteiger partial charge on any atom is -0.371 e. The van der Waals surface area contributed by atoms with E-state index in [4.69, 9.17) is 5.73 Å². The van der Waals surface area contributed by atoms with Crippen LogP contribution in [0.15, 0.2) is 30.3 Å². The SMILES string of the molecule is NCC1(NCCC2CCC2)CCN(c2ccccc2)CC1. The molecule has 0 bridgehead atoms. The van der Waals surface area contributed by atoms with Crippen LogP contribution < -0.4 is 16.0 Å². The minimum atomic E-state index is 0.176. The average Bonchev–Trinajstić information content (AvgIpc) is 2.51. The number of nitrogens with one attached hydrogen (secondary N) is 1. The van der Waals surface area contributed by atoms with Crippen molar-refractivity contribution in [1.82, 2.24) is 5.32 Å². The third kappa shape index (κ3) is 3.58. The number of piperidine rings is 1. The van der Waals surface area contributed by atoms with Gasteiger partial charge in [-0.25, -0.2) is 0 Å². The highest BCUT2D eigenvalue weighted by Crippen LogP contribution is 2.30. The molecule has 0 unspecified atom stereocenters. The summed E-state index contributed by atoms with van der Waals surface area (Å²) < 4.78 is 0. The van der Waals surface area contributed by atoms with Crippen molar-refractivity contribution < 1.29 is 0 Å². The van der Waals surface area contributed by atoms with Crippen molar-refractivity contribution in [2.45, 2.75) is 44.1 Å². The number of hydrogen-bond acceptors (Lipinski definition) is 3. The first kappa shape index (κ1) is 14.9. The molecule has 1 saturated heterocycles. The molecule has 2 aliphatic rings. The van der Waals surface area contributed by atoms with E-state index in [1.807, 2.05) is 0 Å². The smallest absolute Gasteiger partial charge is 0.0366 e. The topological polar surface area (TPSA) is 41.3 Å². The lowest BCUT2D eigenvalue weighted by Gasteiger charge is -2.43. The van der Waals surface area contributed by atoms with Gasteiger partial charge in [0.05, 0.1) is 0 Å². The van der Waals surface area contributed by atoms with Gasteiger partial charge in [-0.2, -0.15) is 0 Å². The Balaban J connectivity index is 1.49. The molecule has 1 aromatic rings. The predicted molar refractivity (Wildman–Crippen MR) is 89.6 cm³/mol. The van der Waals surface area contributed by atoms with E-state index in [9.17, 15) is 0 Å². The summed E-state index contributed by atoms with van der Waals surface area (Å²) in [7, 11) is 0. The van der Waals surface area contributed by atoms with Crippen LogP contribution in [0, 0.1) is 5.92 Å². The highest BCUT2D eigenvalue weighted by Gasteiger charge is 2.33. The van der Waals surface area contributed by atoms with Crippen LogP contribution in [-0.2, 0) is 0 Å². The van der Waals surface area contributed by atoms with Crippen molar-refractivity contribution in [2.75, 3.05) is 31.1 Å². The molecule has 1 aliphatic carbocycles. The van der Waals surface area contributed by atoms with Crippen molar-refractivity contribution in [3.05, 3.63) is 30.3 Å². The Kier molecular flexibility index (Phi) is 4.81. The molecular formula is C18H29N3. The maximum Gasteiger partial charge on any atom is 0.0366 e. The first-order chi connectivity index (χ1) is 10.3. The first-order valence-corrected chi connectivity index (χ1v) is 8.56. The first-order valence-electron chi connectivity index (χ1n) is 8.56. The van der Waals surface area contributed by atoms with E-state index in [0.717, 1.165) is 44.9 Å². The Morgan fingerprint density at radius 1 is 1.14 bits per heavy atom. The summed E-state index contributed by atoms with van der Waals surface area (Å²) in [5, 5.41) is 3.80. The maximum absolute atomic E-state index is 6.10. The van der Waals surface area contributed by atoms with Crippen LogP contribution in [0.3, 0.4) is 0 Å². The van der Waals surface area contributed by atoms with E-state index in [1.54, 1.807) is 0 Å². The van der Waals surface area contributed by atoms with Crippen LogP contribution >= 0.6 is 0 Å². The molecule has 0 atom stereocenters. The van der Waals surface area contributed by atoms with Gasteiger partial charge in [0.2, 0.25) is 0 Å². The van der Waals surface area contributed by atoms with E-state index in [1.165, 1.54) is 31.4 Å². The summed E-state index contributed by atoms with van der Waals surface area (Å²) in [6.45, 7) is 4.13. The molecule has 0 aromatic heterocycles. The lowest BCUT2D eigenvalue weighted by molar-refractivity contribution is 0.236. The van der Waals surface area contributed by atoms with E-state index in [0.29, 0.717) is 0 Å². The fourth-order valence-electron chi connectivity index (χ4n) is 3.61. The number of anilines is 1. The number of rotatable bonds is 6. The fraction of sp³-hybridized carbons (Fsp3) is 0.667. The van der Waals surface area contributed by atoms with Gasteiger partial charge in [-0.3, -0.25) is 0 Å². The predicted octanol–water partition coefficient (Wildman–Crippen LogP) is 2.76. The molecule has 3 rings (SSSR count). The fourth-order valence-corrected chi connectivity index (χ4v) is 3.61. The summed E-state index contributed by atoms with van der Waals surface area (Å²) in [5.74, 6) is 0.983. The molecule has 116 valence electrons. The normalized spacial score (nSPS) is 22.0. The Bertz CT molecular complexity index is 419. The molecule has 1 aromatic carbocycles. The van der Waals surface area contributed by atoms with Crippen molar-refractivity contribution in [2.24, 2.45) is 11.7 Å². The lowest BCUT2D eigenvalue weighted by atomic mass is 9.82. The van der Waals surface area contributed by atoms with E-state index in [-0.39, 0.29) is 5.54 Å². The summed E-state index contributed by atoms with van der Waals surface area (Å²) in [4.78, 5) is 2.49. The second-order valence-corrected chi connectivity index (χ2v) is 6.82. The van der Waals surface area contributed by atoms with Crippen LogP contribution in [0.5, 0.6) is 0 Å². The monoisotopic (exact) mass is 287 g/mol. The number of para-hydroxylation sites is 1. The van der Waals surface area contributed by atoms with Crippen molar-refractivity contribution in [3.8, 4) is 0 Å². The Hall–Kier alpha value is -1.06. The van der Waals surface area contributed by atoms with Crippen molar-refractivity contribution in [3.63, 3.8) is 0 Å². The van der Waals surface area contributed by atoms with E-state index < -0.39 is 0 Å². The zero-order chi connectivity index (χ0) is 14.5. The molecule has 0 spiro atoms. The number of nitrogens with zero attached hydrogens (tertiary/aromatic N) is 1. The van der Waals surface area contributed by atoms with Crippen LogP contribution in [0.25, 0.3) is 0 Å². The maximum atomic E-state index is 6.10. The zero-order valence-corrected chi connectivity index (χ0v) is 13.1. The highest BCUT2D eigenvalue weighted by molar-refractivity contribution is 5.46. The van der Waals surface area contributed by atoms with Gasteiger partial charge in [0, 0.05) is 30.9 Å². The molecule has 1 heterocycles. The average molecular weight is 287 g/mol. The van der Waals surface area contributed by atoms with Gasteiger partial charge in [0.15, 0.2) is 0 Å². The molecule has 2 fully saturated rings. The Morgan fingerprint density at radius 3 is 2.43 bits per heavy atom. The molecule has 1 saturated carbocycles. The molecule has 3 nitrogen and oxygen atoms in total. The lowest BCUT2D eigenvalue weighted by Crippen LogP contribution is -2.58. The second kappa shape index (κ2) is 6.80. The molecule has 3 heteroatoms. The van der Waals surface area contributed by atoms with Crippen LogP contribution in [0.1, 0.15) is 38.5 Å². The molecule has 1 aliphatic heterocycles. The minimum absolute atomic E-state index is 0.176. The molecule has 21 heavy (non-hydrogen) atoms. The number of hydrogen-bond donors (Lipinski definition) is 2. The third-order valence-corrected chi connectivity index (χ3v) is 5.51. The van der Waals surface area contributed by atoms with Gasteiger partial charge in [-0.05, 0) is 43.9 Å². The number of nitrogens with two attached hydrogens (primary N) is 1. The van der Waals surface area contributed by atoms with E-state index in [2.05, 4.69) is 40.5 Å². The van der Waals surface area contributed by atoms with Crippen LogP contribution in [0.4, 0.5) is 5.69 Å². The summed E-state index contributed by atoms with van der Waals surface area (Å²) in [6.07, 6.45) is 7.98.